The van der Waals surface area contributed by atoms with Crippen LogP contribution in [-0.4, -0.2) is 11.2 Å². The molecule has 25 heavy (non-hydrogen) atoms. The molecule has 0 N–H and O–H groups in total. The zero-order chi connectivity index (χ0) is 16.6. The first-order valence-electron chi connectivity index (χ1n) is 8.17. The molecule has 0 atom stereocenters. The van der Waals surface area contributed by atoms with Crippen molar-refractivity contribution < 1.29 is 4.42 Å². The van der Waals surface area contributed by atoms with Gasteiger partial charge in [-0.2, -0.15) is 0 Å². The molecule has 0 fully saturated rings. The fraction of sp³-hybridized carbons (Fsp3) is 0. The normalized spacial score (nSPS) is 11.8. The van der Waals surface area contributed by atoms with Gasteiger partial charge in [0.25, 0.3) is 0 Å². The summed E-state index contributed by atoms with van der Waals surface area (Å²) in [6.07, 6.45) is 3.69. The standard InChI is InChI=1S/C22H14N2O/c1-2-6-21-18(5-1)19-13-17(8-10-22(19)25-21)24-14-15-7-9-20-16(12-15)4-3-11-23-20/h1-14H. The molecule has 3 heteroatoms. The monoisotopic (exact) mass is 322 g/mol. The van der Waals surface area contributed by atoms with E-state index in [0.717, 1.165) is 44.1 Å². The highest BCUT2D eigenvalue weighted by Crippen LogP contribution is 2.31. The first-order valence-corrected chi connectivity index (χ1v) is 8.17. The van der Waals surface area contributed by atoms with Crippen LogP contribution in [0.5, 0.6) is 0 Å². The van der Waals surface area contributed by atoms with Crippen molar-refractivity contribution in [3.63, 3.8) is 0 Å². The lowest BCUT2D eigenvalue weighted by molar-refractivity contribution is 0.669. The average Bonchev–Trinajstić information content (AvgIpc) is 3.04. The second kappa shape index (κ2) is 5.56. The van der Waals surface area contributed by atoms with E-state index in [9.17, 15) is 0 Å². The number of aromatic nitrogens is 1. The molecule has 5 aromatic rings. The van der Waals surface area contributed by atoms with E-state index in [2.05, 4.69) is 34.2 Å². The number of pyridine rings is 1. The van der Waals surface area contributed by atoms with Gasteiger partial charge in [-0.3, -0.25) is 9.98 Å². The minimum Gasteiger partial charge on any atom is -0.456 e. The number of fused-ring (bicyclic) bond motifs is 4. The zero-order valence-electron chi connectivity index (χ0n) is 13.4. The van der Waals surface area contributed by atoms with Crippen LogP contribution in [-0.2, 0) is 0 Å². The predicted octanol–water partition coefficient (Wildman–Crippen LogP) is 5.88. The summed E-state index contributed by atoms with van der Waals surface area (Å²) in [6.45, 7) is 0. The zero-order valence-corrected chi connectivity index (χ0v) is 13.4. The molecule has 0 aliphatic carbocycles. The Morgan fingerprint density at radius 3 is 2.72 bits per heavy atom. The van der Waals surface area contributed by atoms with Crippen molar-refractivity contribution in [2.75, 3.05) is 0 Å². The van der Waals surface area contributed by atoms with Gasteiger partial charge in [0.2, 0.25) is 0 Å². The number of rotatable bonds is 2. The van der Waals surface area contributed by atoms with Crippen molar-refractivity contribution in [3.8, 4) is 0 Å². The lowest BCUT2D eigenvalue weighted by atomic mass is 10.1. The summed E-state index contributed by atoms with van der Waals surface area (Å²) in [6, 6.07) is 24.2. The van der Waals surface area contributed by atoms with Crippen molar-refractivity contribution in [2.45, 2.75) is 0 Å². The molecule has 118 valence electrons. The average molecular weight is 322 g/mol. The van der Waals surface area contributed by atoms with Gasteiger partial charge < -0.3 is 4.42 Å². The number of para-hydroxylation sites is 1. The summed E-state index contributed by atoms with van der Waals surface area (Å²) in [7, 11) is 0. The summed E-state index contributed by atoms with van der Waals surface area (Å²) < 4.78 is 5.86. The summed E-state index contributed by atoms with van der Waals surface area (Å²) in [5.41, 5.74) is 4.74. The SMILES string of the molecule is C(=Nc1ccc2oc3ccccc3c2c1)c1ccc2ncccc2c1. The summed E-state index contributed by atoms with van der Waals surface area (Å²) in [4.78, 5) is 8.98. The van der Waals surface area contributed by atoms with Gasteiger partial charge in [0, 0.05) is 28.6 Å². The quantitative estimate of drug-likeness (QED) is 0.380. The fourth-order valence-corrected chi connectivity index (χ4v) is 3.12. The highest BCUT2D eigenvalue weighted by molar-refractivity contribution is 6.06. The van der Waals surface area contributed by atoms with E-state index in [1.807, 2.05) is 54.7 Å². The Morgan fingerprint density at radius 2 is 1.72 bits per heavy atom. The maximum absolute atomic E-state index is 5.86. The van der Waals surface area contributed by atoms with Crippen molar-refractivity contribution >= 4 is 44.7 Å². The molecule has 2 aromatic heterocycles. The third kappa shape index (κ3) is 2.46. The predicted molar refractivity (Wildman–Crippen MR) is 103 cm³/mol. The molecule has 0 radical (unpaired) electrons. The van der Waals surface area contributed by atoms with Gasteiger partial charge in [-0.1, -0.05) is 30.3 Å². The van der Waals surface area contributed by atoms with Gasteiger partial charge in [-0.25, -0.2) is 0 Å². The molecular weight excluding hydrogens is 308 g/mol. The topological polar surface area (TPSA) is 38.4 Å². The van der Waals surface area contributed by atoms with Crippen LogP contribution in [0.1, 0.15) is 5.56 Å². The smallest absolute Gasteiger partial charge is 0.135 e. The van der Waals surface area contributed by atoms with Crippen LogP contribution in [0.15, 0.2) is 88.4 Å². The number of benzene rings is 3. The fourth-order valence-electron chi connectivity index (χ4n) is 3.12. The van der Waals surface area contributed by atoms with Gasteiger partial charge >= 0.3 is 0 Å². The Hall–Kier alpha value is -3.46. The molecule has 5 rings (SSSR count). The van der Waals surface area contributed by atoms with E-state index in [1.54, 1.807) is 6.20 Å². The number of aliphatic imine (C=N–C) groups is 1. The molecule has 0 unspecified atom stereocenters. The van der Waals surface area contributed by atoms with Crippen LogP contribution in [0.4, 0.5) is 5.69 Å². The largest absolute Gasteiger partial charge is 0.456 e. The maximum atomic E-state index is 5.86. The second-order valence-electron chi connectivity index (χ2n) is 5.99. The van der Waals surface area contributed by atoms with Crippen molar-refractivity contribution in [1.82, 2.24) is 4.98 Å². The molecule has 0 amide bonds. The van der Waals surface area contributed by atoms with Gasteiger partial charge in [0.05, 0.1) is 11.2 Å². The Balaban J connectivity index is 1.55. The highest BCUT2D eigenvalue weighted by atomic mass is 16.3. The van der Waals surface area contributed by atoms with E-state index >= 15 is 0 Å². The Kier molecular flexibility index (Phi) is 3.10. The molecule has 0 aliphatic heterocycles. The number of nitrogens with zero attached hydrogens (tertiary/aromatic N) is 2. The van der Waals surface area contributed by atoms with Crippen LogP contribution >= 0.6 is 0 Å². The van der Waals surface area contributed by atoms with Gasteiger partial charge in [-0.05, 0) is 48.0 Å². The number of furan rings is 1. The summed E-state index contributed by atoms with van der Waals surface area (Å²) in [5.74, 6) is 0. The first kappa shape index (κ1) is 13.9. The third-order valence-corrected chi connectivity index (χ3v) is 4.35. The lowest BCUT2D eigenvalue weighted by Crippen LogP contribution is -1.83. The molecule has 2 heterocycles. The minimum atomic E-state index is 0.886. The van der Waals surface area contributed by atoms with Crippen LogP contribution in [0.3, 0.4) is 0 Å². The van der Waals surface area contributed by atoms with Gasteiger partial charge in [-0.15, -0.1) is 0 Å². The highest BCUT2D eigenvalue weighted by Gasteiger charge is 2.06. The van der Waals surface area contributed by atoms with E-state index in [0.29, 0.717) is 0 Å². The van der Waals surface area contributed by atoms with Gasteiger partial charge in [0.15, 0.2) is 0 Å². The van der Waals surface area contributed by atoms with Crippen LogP contribution in [0, 0.1) is 0 Å². The second-order valence-corrected chi connectivity index (χ2v) is 5.99. The van der Waals surface area contributed by atoms with E-state index < -0.39 is 0 Å². The Labute approximate surface area is 144 Å². The molecule has 0 aliphatic rings. The van der Waals surface area contributed by atoms with Crippen molar-refractivity contribution in [3.05, 3.63) is 84.6 Å². The Bertz CT molecular complexity index is 1250. The minimum absolute atomic E-state index is 0.886. The molecule has 3 nitrogen and oxygen atoms in total. The molecule has 0 bridgehead atoms. The summed E-state index contributed by atoms with van der Waals surface area (Å²) >= 11 is 0. The molecule has 0 saturated heterocycles. The Morgan fingerprint density at radius 1 is 0.800 bits per heavy atom. The molecule has 0 spiro atoms. The van der Waals surface area contributed by atoms with E-state index in [4.69, 9.17) is 4.42 Å². The molecule has 3 aromatic carbocycles. The molecule has 0 saturated carbocycles. The van der Waals surface area contributed by atoms with Gasteiger partial charge in [0.1, 0.15) is 11.2 Å². The van der Waals surface area contributed by atoms with E-state index in [-0.39, 0.29) is 0 Å². The van der Waals surface area contributed by atoms with Crippen LogP contribution in [0.25, 0.3) is 32.8 Å². The van der Waals surface area contributed by atoms with E-state index in [1.165, 1.54) is 0 Å². The summed E-state index contributed by atoms with van der Waals surface area (Å²) in [5, 5.41) is 3.32. The third-order valence-electron chi connectivity index (χ3n) is 4.35. The molecular formula is C22H14N2O. The van der Waals surface area contributed by atoms with Crippen LogP contribution < -0.4 is 0 Å². The van der Waals surface area contributed by atoms with Crippen molar-refractivity contribution in [1.29, 1.82) is 0 Å². The lowest BCUT2D eigenvalue weighted by Gasteiger charge is -1.98. The number of hydrogen-bond acceptors (Lipinski definition) is 3. The maximum Gasteiger partial charge on any atom is 0.135 e. The number of hydrogen-bond donors (Lipinski definition) is 0. The van der Waals surface area contributed by atoms with Crippen LogP contribution in [0.2, 0.25) is 0 Å². The van der Waals surface area contributed by atoms with Crippen molar-refractivity contribution in [2.24, 2.45) is 4.99 Å². The first-order chi connectivity index (χ1) is 12.4.